The number of nitrogens with two attached hydrogens (primary N) is 1. The molecule has 3 aromatic rings. The van der Waals surface area contributed by atoms with Gasteiger partial charge in [0.15, 0.2) is 0 Å². The van der Waals surface area contributed by atoms with Crippen LogP contribution in [0.3, 0.4) is 0 Å². The second-order valence-electron chi connectivity index (χ2n) is 12.2. The van der Waals surface area contributed by atoms with E-state index in [4.69, 9.17) is 27.1 Å². The smallest absolute Gasteiger partial charge is 0.350 e. The Labute approximate surface area is 309 Å². The van der Waals surface area contributed by atoms with Crippen LogP contribution in [0.5, 0.6) is 5.75 Å². The van der Waals surface area contributed by atoms with Crippen LogP contribution in [0.1, 0.15) is 55.1 Å². The Kier molecular flexibility index (Phi) is 16.8. The largest absolute Gasteiger partial charge is 0.497 e. The fourth-order valence-corrected chi connectivity index (χ4v) is 6.70. The highest BCUT2D eigenvalue weighted by Crippen LogP contribution is 2.37. The standard InChI is InChI=1S/C19H21BrClN3.C10H16N4O3.C7H8O.CH4/c1-23-6-8-24(9-7-23)19-17-5-4-16(21)11-13(17)2-3-14-10-15(20)12-22-18(14)19;11-9(16)13-10(17)12-7-14-4-1-8(2-5-14)3-6-15;1-8-7-5-3-2-4-6-7;/h4-5,10-12,19H,2-3,6-9H2,1H3;6-8H,1-5H2,(H3,11,13,16,17);2-6H,1H3;1H4/b;12-7+;;. The number of nitrogens with zero attached hydrogens (tertiary/aromatic N) is 5. The number of imide groups is 1. The number of pyridine rings is 1. The molecule has 1 unspecified atom stereocenters. The number of para-hydroxylation sites is 1. The zero-order chi connectivity index (χ0) is 35.2. The molecule has 3 N–H and O–H groups in total. The lowest BCUT2D eigenvalue weighted by atomic mass is 9.95. The van der Waals surface area contributed by atoms with Gasteiger partial charge in [0, 0.05) is 61.4 Å². The monoisotopic (exact) mass is 769 g/mol. The number of aliphatic imine (C=N–C) groups is 1. The summed E-state index contributed by atoms with van der Waals surface area (Å²) in [5.74, 6) is 1.34. The number of aryl methyl sites for hydroxylation is 2. The Morgan fingerprint density at radius 2 is 1.72 bits per heavy atom. The Morgan fingerprint density at radius 1 is 1.04 bits per heavy atom. The van der Waals surface area contributed by atoms with E-state index in [1.165, 1.54) is 28.7 Å². The molecule has 0 saturated carbocycles. The zero-order valence-corrected chi connectivity index (χ0v) is 30.4. The van der Waals surface area contributed by atoms with E-state index in [1.54, 1.807) is 7.11 Å². The quantitative estimate of drug-likeness (QED) is 0.174. The number of methoxy groups -OCH3 is 1. The molecule has 2 aliphatic heterocycles. The predicted molar refractivity (Wildman–Crippen MR) is 203 cm³/mol. The number of carbonyl (C=O) groups excluding carboxylic acids is 3. The number of likely N-dealkylation sites (tertiary alicyclic amines) is 1. The van der Waals surface area contributed by atoms with E-state index >= 15 is 0 Å². The molecule has 1 aliphatic carbocycles. The molecule has 2 aromatic carbocycles. The van der Waals surface area contributed by atoms with Crippen LogP contribution in [0.15, 0.2) is 70.3 Å². The minimum atomic E-state index is -0.920. The SMILES string of the molecule is C.CN1CCN(C2c3ccc(Cl)cc3CCc3cc(Br)cnc32)CC1.COc1ccccc1.NC(=O)NC(=O)/N=C/N1CCC(CC=O)CC1. The second kappa shape index (κ2) is 20.7. The highest BCUT2D eigenvalue weighted by molar-refractivity contribution is 9.10. The first-order valence-electron chi connectivity index (χ1n) is 16.4. The molecule has 0 bridgehead atoms. The van der Waals surface area contributed by atoms with Gasteiger partial charge < -0.3 is 25.1 Å². The fraction of sp³-hybridized carbons (Fsp3) is 0.432. The molecule has 4 amide bonds. The molecular weight excluding hydrogens is 722 g/mol. The number of amides is 4. The van der Waals surface area contributed by atoms with Crippen molar-refractivity contribution in [3.8, 4) is 5.75 Å². The summed E-state index contributed by atoms with van der Waals surface area (Å²) in [7, 11) is 3.86. The van der Waals surface area contributed by atoms with Gasteiger partial charge in [-0.3, -0.25) is 15.2 Å². The van der Waals surface area contributed by atoms with Crippen LogP contribution >= 0.6 is 27.5 Å². The lowest BCUT2D eigenvalue weighted by Crippen LogP contribution is -2.46. The number of hydrogen-bond donors (Lipinski definition) is 2. The molecule has 1 atom stereocenters. The number of fused-ring (bicyclic) bond motifs is 2. The van der Waals surface area contributed by atoms with Crippen molar-refractivity contribution in [1.82, 2.24) is 25.0 Å². The van der Waals surface area contributed by atoms with E-state index in [2.05, 4.69) is 56.0 Å². The first-order valence-corrected chi connectivity index (χ1v) is 17.6. The molecule has 11 nitrogen and oxygen atoms in total. The van der Waals surface area contributed by atoms with Crippen molar-refractivity contribution in [1.29, 1.82) is 0 Å². The molecule has 50 heavy (non-hydrogen) atoms. The molecule has 13 heteroatoms. The number of piperazine rings is 1. The van der Waals surface area contributed by atoms with Crippen molar-refractivity contribution in [3.05, 3.63) is 92.7 Å². The molecule has 0 radical (unpaired) electrons. The molecule has 270 valence electrons. The molecule has 3 heterocycles. The number of aldehydes is 1. The highest BCUT2D eigenvalue weighted by atomic mass is 79.9. The number of carbonyl (C=O) groups is 3. The molecule has 6 rings (SSSR count). The van der Waals surface area contributed by atoms with E-state index in [0.717, 1.165) is 86.5 Å². The van der Waals surface area contributed by atoms with E-state index in [0.29, 0.717) is 12.3 Å². The maximum absolute atomic E-state index is 11.0. The minimum Gasteiger partial charge on any atom is -0.497 e. The minimum absolute atomic E-state index is 0. The number of ether oxygens (including phenoxy) is 1. The number of aromatic nitrogens is 1. The van der Waals surface area contributed by atoms with Crippen molar-refractivity contribution in [2.45, 2.75) is 45.6 Å². The average molecular weight is 771 g/mol. The van der Waals surface area contributed by atoms with Gasteiger partial charge in [0.05, 0.1) is 25.2 Å². The summed E-state index contributed by atoms with van der Waals surface area (Å²) in [4.78, 5) is 46.9. The maximum Gasteiger partial charge on any atom is 0.350 e. The third kappa shape index (κ3) is 12.5. The van der Waals surface area contributed by atoms with Crippen LogP contribution in [0.4, 0.5) is 9.59 Å². The summed E-state index contributed by atoms with van der Waals surface area (Å²) in [6.45, 7) is 5.86. The van der Waals surface area contributed by atoms with Gasteiger partial charge in [-0.05, 0) is 102 Å². The third-order valence-corrected chi connectivity index (χ3v) is 9.49. The lowest BCUT2D eigenvalue weighted by molar-refractivity contribution is -0.108. The van der Waals surface area contributed by atoms with E-state index in [-0.39, 0.29) is 13.5 Å². The van der Waals surface area contributed by atoms with Crippen LogP contribution in [0.25, 0.3) is 0 Å². The van der Waals surface area contributed by atoms with Gasteiger partial charge in [-0.15, -0.1) is 0 Å². The number of nitrogens with one attached hydrogen (secondary N) is 1. The summed E-state index contributed by atoms with van der Waals surface area (Å²) in [6.07, 6.45) is 8.70. The van der Waals surface area contributed by atoms with Crippen molar-refractivity contribution >= 4 is 52.2 Å². The van der Waals surface area contributed by atoms with Gasteiger partial charge in [-0.25, -0.2) is 9.59 Å². The van der Waals surface area contributed by atoms with Crippen LogP contribution in [-0.4, -0.2) is 97.8 Å². The van der Waals surface area contributed by atoms with Crippen LogP contribution in [-0.2, 0) is 17.6 Å². The normalized spacial score (nSPS) is 17.7. The Hall–Kier alpha value is -3.84. The number of benzene rings is 2. The Bertz CT molecular complexity index is 1510. The van der Waals surface area contributed by atoms with E-state index in [9.17, 15) is 14.4 Å². The van der Waals surface area contributed by atoms with Gasteiger partial charge in [0.25, 0.3) is 0 Å². The number of rotatable bonds is 5. The van der Waals surface area contributed by atoms with Crippen LogP contribution in [0.2, 0.25) is 5.02 Å². The fourth-order valence-electron chi connectivity index (χ4n) is 6.13. The van der Waals surface area contributed by atoms with Crippen molar-refractivity contribution in [3.63, 3.8) is 0 Å². The first kappa shape index (κ1) is 40.6. The Morgan fingerprint density at radius 3 is 2.34 bits per heavy atom. The lowest BCUT2D eigenvalue weighted by Gasteiger charge is -2.38. The third-order valence-electron chi connectivity index (χ3n) is 8.82. The van der Waals surface area contributed by atoms with Crippen molar-refractivity contribution in [2.75, 3.05) is 53.4 Å². The number of primary amides is 1. The van der Waals surface area contributed by atoms with Gasteiger partial charge >= 0.3 is 12.1 Å². The molecular formula is C37H49BrClN7O4. The molecule has 3 aliphatic rings. The van der Waals surface area contributed by atoms with E-state index < -0.39 is 12.1 Å². The van der Waals surface area contributed by atoms with Crippen molar-refractivity contribution in [2.24, 2.45) is 16.6 Å². The van der Waals surface area contributed by atoms with Crippen LogP contribution in [0, 0.1) is 5.92 Å². The van der Waals surface area contributed by atoms with Gasteiger partial charge in [-0.1, -0.05) is 43.3 Å². The van der Waals surface area contributed by atoms with Gasteiger partial charge in [0.2, 0.25) is 0 Å². The average Bonchev–Trinajstić information content (AvgIpc) is 3.25. The summed E-state index contributed by atoms with van der Waals surface area (Å²) in [5, 5.41) is 2.67. The van der Waals surface area contributed by atoms with Crippen molar-refractivity contribution < 1.29 is 19.1 Å². The topological polar surface area (TPSA) is 133 Å². The molecule has 0 spiro atoms. The second-order valence-corrected chi connectivity index (χ2v) is 13.6. The number of piperidine rings is 1. The summed E-state index contributed by atoms with van der Waals surface area (Å²) in [5.41, 5.74) is 10.1. The molecule has 2 fully saturated rings. The number of urea groups is 2. The molecule has 2 saturated heterocycles. The van der Waals surface area contributed by atoms with Gasteiger partial charge in [0.1, 0.15) is 12.0 Å². The number of hydrogen-bond acceptors (Lipinski definition) is 7. The van der Waals surface area contributed by atoms with E-state index in [1.807, 2.05) is 52.8 Å². The first-order chi connectivity index (χ1) is 23.7. The summed E-state index contributed by atoms with van der Waals surface area (Å²) >= 11 is 9.86. The maximum atomic E-state index is 11.0. The number of likely N-dealkylation sites (N-methyl/N-ethyl adjacent to an activating group) is 1. The highest BCUT2D eigenvalue weighted by Gasteiger charge is 2.31. The zero-order valence-electron chi connectivity index (χ0n) is 28.1. The number of halogens is 2. The van der Waals surface area contributed by atoms with Gasteiger partial charge in [-0.2, -0.15) is 4.99 Å². The van der Waals surface area contributed by atoms with Crippen LogP contribution < -0.4 is 15.8 Å². The summed E-state index contributed by atoms with van der Waals surface area (Å²) < 4.78 is 5.97. The molecule has 1 aromatic heterocycles. The Balaban J connectivity index is 0.000000227. The predicted octanol–water partition coefficient (Wildman–Crippen LogP) is 6.37. The summed E-state index contributed by atoms with van der Waals surface area (Å²) in [6, 6.07) is 16.8.